The Morgan fingerprint density at radius 2 is 1.34 bits per heavy atom. The van der Waals surface area contributed by atoms with Gasteiger partial charge >= 0.3 is 0 Å². The summed E-state index contributed by atoms with van der Waals surface area (Å²) in [6.07, 6.45) is 29.7. The lowest BCUT2D eigenvalue weighted by Gasteiger charge is -2.21. The molecule has 2 aromatic rings. The number of hydrogen-bond acceptors (Lipinski definition) is 3. The molecule has 1 saturated carbocycles. The summed E-state index contributed by atoms with van der Waals surface area (Å²) in [5, 5.41) is 0. The van der Waals surface area contributed by atoms with Crippen LogP contribution >= 0.6 is 0 Å². The Balaban J connectivity index is 1.25. The van der Waals surface area contributed by atoms with Crippen LogP contribution in [0.5, 0.6) is 5.75 Å². The first-order valence-electron chi connectivity index (χ1n) is 14.9. The fourth-order valence-electron chi connectivity index (χ4n) is 5.38. The van der Waals surface area contributed by atoms with Crippen molar-refractivity contribution < 1.29 is 4.74 Å². The topological polar surface area (TPSA) is 35.0 Å². The Kier molecular flexibility index (Phi) is 13.9. The molecule has 1 heterocycles. The fraction of sp³-hybridized carbons (Fsp3) is 0.688. The number of aryl methyl sites for hydroxylation is 1. The van der Waals surface area contributed by atoms with Crippen molar-refractivity contribution in [2.75, 3.05) is 6.61 Å². The van der Waals surface area contributed by atoms with Crippen LogP contribution in [-0.2, 0) is 6.42 Å². The molecule has 0 spiro atoms. The van der Waals surface area contributed by atoms with Crippen molar-refractivity contribution in [2.45, 2.75) is 129 Å². The van der Waals surface area contributed by atoms with E-state index >= 15 is 0 Å². The molecule has 0 bridgehead atoms. The number of aromatic nitrogens is 2. The van der Waals surface area contributed by atoms with Gasteiger partial charge in [-0.05, 0) is 30.7 Å². The molecule has 0 N–H and O–H groups in total. The van der Waals surface area contributed by atoms with E-state index in [0.29, 0.717) is 0 Å². The normalized spacial score (nSPS) is 14.3. The SMILES string of the molecule is CCCCCCCCCCOc1cnc(-c2ccc(CCCCCCC3CCCCC3)cc2)nc1. The molecule has 194 valence electrons. The van der Waals surface area contributed by atoms with Crippen LogP contribution in [0.4, 0.5) is 0 Å². The van der Waals surface area contributed by atoms with Crippen LogP contribution in [0.3, 0.4) is 0 Å². The lowest BCUT2D eigenvalue weighted by atomic mass is 9.85. The van der Waals surface area contributed by atoms with Gasteiger partial charge in [0.15, 0.2) is 11.6 Å². The second-order valence-corrected chi connectivity index (χ2v) is 10.7. The average molecular weight is 479 g/mol. The van der Waals surface area contributed by atoms with Crippen molar-refractivity contribution in [3.8, 4) is 17.1 Å². The standard InChI is InChI=1S/C32H50N2O/c1-2-3-4-5-6-7-10-16-25-35-31-26-33-32(34-27-31)30-23-21-29(22-24-30)20-13-9-8-12-17-28-18-14-11-15-19-28/h21-24,26-28H,2-20,25H2,1H3. The maximum absolute atomic E-state index is 5.84. The molecule has 0 saturated heterocycles. The molecule has 35 heavy (non-hydrogen) atoms. The van der Waals surface area contributed by atoms with E-state index in [9.17, 15) is 0 Å². The van der Waals surface area contributed by atoms with Crippen LogP contribution in [0.15, 0.2) is 36.7 Å². The molecule has 1 aliphatic rings. The molecule has 0 radical (unpaired) electrons. The van der Waals surface area contributed by atoms with Crippen LogP contribution < -0.4 is 4.74 Å². The van der Waals surface area contributed by atoms with Crippen molar-refractivity contribution in [2.24, 2.45) is 5.92 Å². The lowest BCUT2D eigenvalue weighted by Crippen LogP contribution is -2.05. The highest BCUT2D eigenvalue weighted by Gasteiger charge is 2.12. The van der Waals surface area contributed by atoms with Crippen LogP contribution in [0.1, 0.15) is 128 Å². The lowest BCUT2D eigenvalue weighted by molar-refractivity contribution is 0.302. The molecule has 0 atom stereocenters. The first-order valence-corrected chi connectivity index (χ1v) is 14.9. The highest BCUT2D eigenvalue weighted by molar-refractivity contribution is 5.55. The molecule has 0 amide bonds. The molecule has 1 fully saturated rings. The van der Waals surface area contributed by atoms with E-state index in [4.69, 9.17) is 4.74 Å². The first-order chi connectivity index (χ1) is 17.3. The van der Waals surface area contributed by atoms with Gasteiger partial charge in [-0.2, -0.15) is 0 Å². The molecule has 3 rings (SSSR count). The zero-order valence-electron chi connectivity index (χ0n) is 22.5. The zero-order chi connectivity index (χ0) is 24.4. The van der Waals surface area contributed by atoms with Gasteiger partial charge in [-0.25, -0.2) is 9.97 Å². The minimum Gasteiger partial charge on any atom is -0.490 e. The van der Waals surface area contributed by atoms with E-state index in [1.807, 2.05) is 12.4 Å². The van der Waals surface area contributed by atoms with Crippen molar-refractivity contribution in [1.29, 1.82) is 0 Å². The van der Waals surface area contributed by atoms with Crippen molar-refractivity contribution in [3.05, 3.63) is 42.2 Å². The third kappa shape index (κ3) is 11.6. The predicted octanol–water partition coefficient (Wildman–Crippen LogP) is 9.74. The van der Waals surface area contributed by atoms with Gasteiger partial charge in [0.25, 0.3) is 0 Å². The van der Waals surface area contributed by atoms with E-state index in [1.54, 1.807) is 0 Å². The van der Waals surface area contributed by atoms with Gasteiger partial charge < -0.3 is 4.74 Å². The second-order valence-electron chi connectivity index (χ2n) is 10.7. The molecule has 0 unspecified atom stereocenters. The van der Waals surface area contributed by atoms with Gasteiger partial charge in [-0.3, -0.25) is 0 Å². The third-order valence-electron chi connectivity index (χ3n) is 7.66. The van der Waals surface area contributed by atoms with Crippen LogP contribution in [0.25, 0.3) is 11.4 Å². The smallest absolute Gasteiger partial charge is 0.159 e. The second kappa shape index (κ2) is 17.5. The summed E-state index contributed by atoms with van der Waals surface area (Å²) >= 11 is 0. The van der Waals surface area contributed by atoms with E-state index in [1.165, 1.54) is 121 Å². The van der Waals surface area contributed by atoms with Crippen LogP contribution in [-0.4, -0.2) is 16.6 Å². The number of ether oxygens (including phenoxy) is 1. The maximum atomic E-state index is 5.84. The van der Waals surface area contributed by atoms with E-state index < -0.39 is 0 Å². The summed E-state index contributed by atoms with van der Waals surface area (Å²) in [5.41, 5.74) is 2.50. The Labute approximate surface area is 215 Å². The number of unbranched alkanes of at least 4 members (excludes halogenated alkanes) is 10. The van der Waals surface area contributed by atoms with Crippen LogP contribution in [0.2, 0.25) is 0 Å². The summed E-state index contributed by atoms with van der Waals surface area (Å²) in [7, 11) is 0. The zero-order valence-corrected chi connectivity index (χ0v) is 22.5. The largest absolute Gasteiger partial charge is 0.490 e. The van der Waals surface area contributed by atoms with E-state index in [0.717, 1.165) is 36.1 Å². The molecule has 3 nitrogen and oxygen atoms in total. The molecule has 1 aromatic carbocycles. The molecule has 1 aromatic heterocycles. The molecular formula is C32H50N2O. The Hall–Kier alpha value is -1.90. The summed E-state index contributed by atoms with van der Waals surface area (Å²) in [6, 6.07) is 8.81. The summed E-state index contributed by atoms with van der Waals surface area (Å²) in [5.74, 6) is 2.59. The Bertz CT molecular complexity index is 765. The van der Waals surface area contributed by atoms with Gasteiger partial charge in [-0.1, -0.05) is 134 Å². The van der Waals surface area contributed by atoms with Crippen molar-refractivity contribution in [3.63, 3.8) is 0 Å². The number of benzene rings is 1. The van der Waals surface area contributed by atoms with E-state index in [-0.39, 0.29) is 0 Å². The summed E-state index contributed by atoms with van der Waals surface area (Å²) in [4.78, 5) is 9.07. The predicted molar refractivity (Wildman–Crippen MR) is 149 cm³/mol. The summed E-state index contributed by atoms with van der Waals surface area (Å²) in [6.45, 7) is 3.03. The Morgan fingerprint density at radius 3 is 2.06 bits per heavy atom. The van der Waals surface area contributed by atoms with Gasteiger partial charge in [0, 0.05) is 5.56 Å². The Morgan fingerprint density at radius 1 is 0.714 bits per heavy atom. The first kappa shape index (κ1) is 27.7. The number of nitrogens with zero attached hydrogens (tertiary/aromatic N) is 2. The van der Waals surface area contributed by atoms with Crippen LogP contribution in [0, 0.1) is 5.92 Å². The van der Waals surface area contributed by atoms with Gasteiger partial charge in [0.1, 0.15) is 0 Å². The fourth-order valence-corrected chi connectivity index (χ4v) is 5.38. The van der Waals surface area contributed by atoms with Gasteiger partial charge in [0.2, 0.25) is 0 Å². The monoisotopic (exact) mass is 478 g/mol. The van der Waals surface area contributed by atoms with Gasteiger partial charge in [-0.15, -0.1) is 0 Å². The molecule has 1 aliphatic carbocycles. The van der Waals surface area contributed by atoms with Gasteiger partial charge in [0.05, 0.1) is 19.0 Å². The third-order valence-corrected chi connectivity index (χ3v) is 7.66. The minimum absolute atomic E-state index is 0.757. The minimum atomic E-state index is 0.757. The molecular weight excluding hydrogens is 428 g/mol. The highest BCUT2D eigenvalue weighted by Crippen LogP contribution is 2.28. The summed E-state index contributed by atoms with van der Waals surface area (Å²) < 4.78 is 5.84. The average Bonchev–Trinajstić information content (AvgIpc) is 2.91. The molecule has 0 aliphatic heterocycles. The quantitative estimate of drug-likeness (QED) is 0.200. The number of rotatable bonds is 18. The van der Waals surface area contributed by atoms with E-state index in [2.05, 4.69) is 41.2 Å². The van der Waals surface area contributed by atoms with Crippen molar-refractivity contribution >= 4 is 0 Å². The number of hydrogen-bond donors (Lipinski definition) is 0. The highest BCUT2D eigenvalue weighted by atomic mass is 16.5. The maximum Gasteiger partial charge on any atom is 0.159 e. The molecule has 3 heteroatoms. The van der Waals surface area contributed by atoms with Crippen molar-refractivity contribution in [1.82, 2.24) is 9.97 Å².